The van der Waals surface area contributed by atoms with E-state index in [1.165, 1.54) is 22.3 Å². The van der Waals surface area contributed by atoms with Crippen LogP contribution in [0.5, 0.6) is 0 Å². The summed E-state index contributed by atoms with van der Waals surface area (Å²) in [5, 5.41) is 31.2. The summed E-state index contributed by atoms with van der Waals surface area (Å²) in [5.74, 6) is -5.03. The highest BCUT2D eigenvalue weighted by Crippen LogP contribution is 2.25. The van der Waals surface area contributed by atoms with Crippen molar-refractivity contribution in [2.45, 2.75) is 12.5 Å². The minimum Gasteiger partial charge on any atom is -0.478 e. The molecule has 0 aromatic heterocycles. The lowest BCUT2D eigenvalue weighted by atomic mass is 10.0. The number of hydrogen-bond donors (Lipinski definition) is 4. The summed E-state index contributed by atoms with van der Waals surface area (Å²) in [6, 6.07) is 31.6. The van der Waals surface area contributed by atoms with Crippen molar-refractivity contribution in [3.8, 4) is 0 Å². The number of carbonyl (C=O) groups is 4. The third-order valence-electron chi connectivity index (χ3n) is 7.01. The molecule has 1 fully saturated rings. The lowest BCUT2D eigenvalue weighted by Gasteiger charge is -2.35. The first-order valence-corrected chi connectivity index (χ1v) is 15.2. The molecule has 3 aromatic carbocycles. The van der Waals surface area contributed by atoms with Crippen molar-refractivity contribution in [1.82, 2.24) is 9.80 Å². The molecule has 0 aliphatic carbocycles. The van der Waals surface area contributed by atoms with Gasteiger partial charge in [0.2, 0.25) is 0 Å². The Labute approximate surface area is 280 Å². The van der Waals surface area contributed by atoms with E-state index >= 15 is 0 Å². The lowest BCUT2D eigenvalue weighted by molar-refractivity contribution is -0.134. The molecule has 48 heavy (non-hydrogen) atoms. The van der Waals surface area contributed by atoms with Gasteiger partial charge in [0, 0.05) is 63.6 Å². The summed E-state index contributed by atoms with van der Waals surface area (Å²) in [6.45, 7) is 11.5. The third-order valence-corrected chi connectivity index (χ3v) is 7.01. The van der Waals surface area contributed by atoms with Crippen LogP contribution in [0.3, 0.4) is 0 Å². The van der Waals surface area contributed by atoms with E-state index in [0.717, 1.165) is 52.3 Å². The van der Waals surface area contributed by atoms with Crippen LogP contribution in [0.25, 0.3) is 5.57 Å². The predicted molar refractivity (Wildman–Crippen MR) is 182 cm³/mol. The van der Waals surface area contributed by atoms with Crippen LogP contribution in [0.15, 0.2) is 122 Å². The zero-order valence-electron chi connectivity index (χ0n) is 26.6. The predicted octanol–water partition coefficient (Wildman–Crippen LogP) is 4.94. The maximum Gasteiger partial charge on any atom is 0.328 e. The number of hydrogen-bond acceptors (Lipinski definition) is 7. The van der Waals surface area contributed by atoms with E-state index < -0.39 is 23.9 Å². The van der Waals surface area contributed by atoms with Gasteiger partial charge in [-0.1, -0.05) is 97.6 Å². The van der Waals surface area contributed by atoms with Crippen molar-refractivity contribution in [3.05, 3.63) is 139 Å². The normalized spacial score (nSPS) is 13.3. The molecule has 3 aromatic rings. The molecule has 11 nitrogen and oxygen atoms in total. The molecule has 1 aliphatic rings. The Bertz CT molecular complexity index is 1380. The van der Waals surface area contributed by atoms with E-state index in [4.69, 9.17) is 25.2 Å². The summed E-state index contributed by atoms with van der Waals surface area (Å²) in [7, 11) is 0. The molecule has 0 radical (unpaired) electrons. The number of carboxylic acids is 4. The molecule has 4 rings (SSSR count). The van der Waals surface area contributed by atoms with Gasteiger partial charge >= 0.3 is 23.9 Å². The van der Waals surface area contributed by atoms with Gasteiger partial charge in [-0.2, -0.15) is 0 Å². The molecule has 4 N–H and O–H groups in total. The third kappa shape index (κ3) is 16.8. The number of aliphatic carboxylic acids is 4. The topological polar surface area (TPSA) is 165 Å². The molecule has 1 aliphatic heterocycles. The van der Waals surface area contributed by atoms with E-state index in [2.05, 4.69) is 107 Å². The Morgan fingerprint density at radius 2 is 0.958 bits per heavy atom. The average molecular weight is 659 g/mol. The van der Waals surface area contributed by atoms with Gasteiger partial charge in [0.15, 0.2) is 0 Å². The molecule has 0 atom stereocenters. The minimum atomic E-state index is -1.26. The van der Waals surface area contributed by atoms with Crippen LogP contribution in [0.4, 0.5) is 0 Å². The quantitative estimate of drug-likeness (QED) is 0.174. The first kappa shape index (κ1) is 38.8. The number of rotatable bonds is 14. The van der Waals surface area contributed by atoms with E-state index in [-0.39, 0.29) is 6.10 Å². The zero-order valence-corrected chi connectivity index (χ0v) is 26.6. The molecule has 1 heterocycles. The number of benzene rings is 3. The molecule has 0 unspecified atom stereocenters. The van der Waals surface area contributed by atoms with Crippen molar-refractivity contribution in [1.29, 1.82) is 0 Å². The summed E-state index contributed by atoms with van der Waals surface area (Å²) in [6.07, 6.45) is 3.25. The van der Waals surface area contributed by atoms with E-state index in [9.17, 15) is 19.2 Å². The SMILES string of the molecule is C=C(CCN1CCN(CCOC(c2ccccc2)c2ccccc2)CC1)c1ccccc1.O=C(O)/C=C\C(=O)O.O=C(O)/C=C\C(=O)O. The van der Waals surface area contributed by atoms with Gasteiger partial charge in [0.05, 0.1) is 6.61 Å². The molecule has 11 heteroatoms. The molecule has 0 spiro atoms. The van der Waals surface area contributed by atoms with Gasteiger partial charge in [0.25, 0.3) is 0 Å². The van der Waals surface area contributed by atoms with Crippen LogP contribution < -0.4 is 0 Å². The monoisotopic (exact) mass is 658 g/mol. The largest absolute Gasteiger partial charge is 0.478 e. The standard InChI is InChI=1S/C29H34N2O.2C4H4O4/c1-25(26-11-5-2-6-12-26)17-18-30-19-21-31(22-20-30)23-24-32-29(27-13-7-3-8-14-27)28-15-9-4-10-16-28;2*5-3(6)1-2-4(7)8/h2-16,29H,1,17-24H2;2*1-2H,(H,5,6)(H,7,8)/b;2*2-1-. The first-order valence-electron chi connectivity index (χ1n) is 15.2. The second kappa shape index (κ2) is 22.2. The summed E-state index contributed by atoms with van der Waals surface area (Å²) < 4.78 is 6.40. The number of ether oxygens (including phenoxy) is 1. The van der Waals surface area contributed by atoms with Crippen LogP contribution in [0.1, 0.15) is 29.2 Å². The smallest absolute Gasteiger partial charge is 0.328 e. The lowest BCUT2D eigenvalue weighted by Crippen LogP contribution is -2.47. The summed E-state index contributed by atoms with van der Waals surface area (Å²) in [5.41, 5.74) is 4.91. The van der Waals surface area contributed by atoms with Gasteiger partial charge in [-0.3, -0.25) is 4.90 Å². The second-order valence-electron chi connectivity index (χ2n) is 10.5. The highest BCUT2D eigenvalue weighted by molar-refractivity contribution is 5.90. The van der Waals surface area contributed by atoms with Gasteiger partial charge in [-0.15, -0.1) is 0 Å². The van der Waals surface area contributed by atoms with Crippen LogP contribution >= 0.6 is 0 Å². The van der Waals surface area contributed by atoms with Gasteiger partial charge < -0.3 is 30.1 Å². The molecule has 254 valence electrons. The molecule has 1 saturated heterocycles. The number of nitrogens with zero attached hydrogens (tertiary/aromatic N) is 2. The fourth-order valence-electron chi connectivity index (χ4n) is 4.57. The van der Waals surface area contributed by atoms with E-state index in [0.29, 0.717) is 24.3 Å². The molecular formula is C37H42N2O9. The van der Waals surface area contributed by atoms with Crippen molar-refractivity contribution in [3.63, 3.8) is 0 Å². The number of piperazine rings is 1. The molecule has 0 bridgehead atoms. The first-order chi connectivity index (χ1) is 23.0. The van der Waals surface area contributed by atoms with Crippen molar-refractivity contribution in [2.75, 3.05) is 45.9 Å². The Morgan fingerprint density at radius 1 is 0.604 bits per heavy atom. The van der Waals surface area contributed by atoms with E-state index in [1.807, 2.05) is 0 Å². The maximum absolute atomic E-state index is 9.55. The second-order valence-corrected chi connectivity index (χ2v) is 10.5. The Morgan fingerprint density at radius 3 is 1.33 bits per heavy atom. The maximum atomic E-state index is 9.55. The zero-order chi connectivity index (χ0) is 35.1. The van der Waals surface area contributed by atoms with Crippen LogP contribution in [-0.2, 0) is 23.9 Å². The summed E-state index contributed by atoms with van der Waals surface area (Å²) >= 11 is 0. The van der Waals surface area contributed by atoms with E-state index in [1.54, 1.807) is 0 Å². The fourth-order valence-corrected chi connectivity index (χ4v) is 4.57. The Balaban J connectivity index is 0.000000414. The average Bonchev–Trinajstić information content (AvgIpc) is 3.09. The van der Waals surface area contributed by atoms with Crippen LogP contribution in [-0.4, -0.2) is 100.0 Å². The summed E-state index contributed by atoms with van der Waals surface area (Å²) in [4.78, 5) is 43.3. The minimum absolute atomic E-state index is 0.0114. The highest BCUT2D eigenvalue weighted by atomic mass is 16.5. The van der Waals surface area contributed by atoms with Gasteiger partial charge in [0.1, 0.15) is 6.10 Å². The Kier molecular flexibility index (Phi) is 18.0. The Hall–Kier alpha value is -5.36. The molecule has 0 saturated carbocycles. The van der Waals surface area contributed by atoms with Gasteiger partial charge in [-0.25, -0.2) is 19.2 Å². The van der Waals surface area contributed by atoms with Gasteiger partial charge in [-0.05, 0) is 28.7 Å². The highest BCUT2D eigenvalue weighted by Gasteiger charge is 2.19. The van der Waals surface area contributed by atoms with Crippen LogP contribution in [0, 0.1) is 0 Å². The van der Waals surface area contributed by atoms with Crippen molar-refractivity contribution in [2.24, 2.45) is 0 Å². The number of carboxylic acid groups (broad SMARTS) is 4. The fraction of sp³-hybridized carbons (Fsp3) is 0.243. The molecule has 0 amide bonds. The van der Waals surface area contributed by atoms with Crippen LogP contribution in [0.2, 0.25) is 0 Å². The molecular weight excluding hydrogens is 616 g/mol. The van der Waals surface area contributed by atoms with Crippen molar-refractivity contribution < 1.29 is 44.3 Å². The van der Waals surface area contributed by atoms with Crippen molar-refractivity contribution >= 4 is 29.5 Å².